The molecule has 148 valence electrons. The first-order chi connectivity index (χ1) is 11.4. The molecule has 0 aliphatic heterocycles. The number of esters is 2. The number of alkyl halides is 6. The van der Waals surface area contributed by atoms with Crippen LogP contribution in [0.25, 0.3) is 0 Å². The first-order valence-electron chi connectivity index (χ1n) is 7.20. The van der Waals surface area contributed by atoms with Crippen LogP contribution in [-0.2, 0) is 19.1 Å². The van der Waals surface area contributed by atoms with Crippen LogP contribution in [0.5, 0.6) is 0 Å². The van der Waals surface area contributed by atoms with Crippen LogP contribution < -0.4 is 0 Å². The quantitative estimate of drug-likeness (QED) is 0.339. The molecule has 0 aromatic heterocycles. The molecular formula is C13H18F6O6. The maximum absolute atomic E-state index is 12.0. The Morgan fingerprint density at radius 2 is 0.960 bits per heavy atom. The summed E-state index contributed by atoms with van der Waals surface area (Å²) in [6.45, 7) is -0.641. The standard InChI is InChI=1S/C13H18F6O6/c14-12(15,16)8(20)10(22)24-6-4-2-1-3-5-7-25-11(23)9(21)13(17,18)19/h8-9,20-21H,1-7H2/t8-,9+. The highest BCUT2D eigenvalue weighted by atomic mass is 19.4. The minimum atomic E-state index is -5.09. The van der Waals surface area contributed by atoms with Crippen LogP contribution in [0.4, 0.5) is 26.3 Å². The number of rotatable bonds is 10. The van der Waals surface area contributed by atoms with Crippen molar-refractivity contribution in [2.75, 3.05) is 13.2 Å². The van der Waals surface area contributed by atoms with Crippen molar-refractivity contribution in [2.45, 2.75) is 56.7 Å². The van der Waals surface area contributed by atoms with Gasteiger partial charge < -0.3 is 19.7 Å². The van der Waals surface area contributed by atoms with E-state index in [4.69, 9.17) is 10.2 Å². The van der Waals surface area contributed by atoms with Gasteiger partial charge in [0.1, 0.15) is 0 Å². The molecule has 0 fully saturated rings. The zero-order valence-corrected chi connectivity index (χ0v) is 12.9. The molecule has 0 aromatic carbocycles. The summed E-state index contributed by atoms with van der Waals surface area (Å²) >= 11 is 0. The van der Waals surface area contributed by atoms with Gasteiger partial charge in [-0.2, -0.15) is 26.3 Å². The Morgan fingerprint density at radius 1 is 0.680 bits per heavy atom. The Bertz CT molecular complexity index is 384. The zero-order valence-electron chi connectivity index (χ0n) is 12.9. The van der Waals surface area contributed by atoms with Crippen molar-refractivity contribution < 1.29 is 55.6 Å². The van der Waals surface area contributed by atoms with Gasteiger partial charge in [0.15, 0.2) is 0 Å². The Balaban J connectivity index is 3.63. The lowest BCUT2D eigenvalue weighted by molar-refractivity contribution is -0.219. The summed E-state index contributed by atoms with van der Waals surface area (Å²) in [6, 6.07) is 0. The number of hydrogen-bond donors (Lipinski definition) is 2. The zero-order chi connectivity index (χ0) is 19.7. The number of aliphatic hydroxyl groups is 2. The lowest BCUT2D eigenvalue weighted by atomic mass is 10.1. The van der Waals surface area contributed by atoms with E-state index in [9.17, 15) is 35.9 Å². The average molecular weight is 384 g/mol. The molecule has 0 rings (SSSR count). The lowest BCUT2D eigenvalue weighted by Crippen LogP contribution is -2.37. The summed E-state index contributed by atoms with van der Waals surface area (Å²) in [5, 5.41) is 17.1. The van der Waals surface area contributed by atoms with Crippen LogP contribution >= 0.6 is 0 Å². The molecular weight excluding hydrogens is 366 g/mol. The number of halogens is 6. The Kier molecular flexibility index (Phi) is 9.78. The van der Waals surface area contributed by atoms with Crippen LogP contribution in [0.2, 0.25) is 0 Å². The lowest BCUT2D eigenvalue weighted by Gasteiger charge is -2.13. The molecule has 0 aliphatic carbocycles. The van der Waals surface area contributed by atoms with E-state index in [0.717, 1.165) is 0 Å². The molecule has 2 N–H and O–H groups in total. The first kappa shape index (κ1) is 23.4. The number of carbonyl (C=O) groups is 2. The van der Waals surface area contributed by atoms with E-state index in [1.165, 1.54) is 0 Å². The average Bonchev–Trinajstić information content (AvgIpc) is 2.49. The van der Waals surface area contributed by atoms with Crippen molar-refractivity contribution in [1.29, 1.82) is 0 Å². The van der Waals surface area contributed by atoms with Crippen LogP contribution in [-0.4, -0.2) is 59.9 Å². The number of unbranched alkanes of at least 4 members (excludes halogenated alkanes) is 4. The van der Waals surface area contributed by atoms with E-state index in [0.29, 0.717) is 19.3 Å². The van der Waals surface area contributed by atoms with Crippen molar-refractivity contribution in [1.82, 2.24) is 0 Å². The van der Waals surface area contributed by atoms with Crippen LogP contribution in [0.15, 0.2) is 0 Å². The molecule has 6 nitrogen and oxygen atoms in total. The summed E-state index contributed by atoms with van der Waals surface area (Å²) in [7, 11) is 0. The van der Waals surface area contributed by atoms with Crippen LogP contribution in [0.3, 0.4) is 0 Å². The maximum Gasteiger partial charge on any atom is 0.425 e. The maximum atomic E-state index is 12.0. The van der Waals surface area contributed by atoms with E-state index in [-0.39, 0.29) is 26.1 Å². The number of ether oxygens (including phenoxy) is 2. The van der Waals surface area contributed by atoms with Crippen molar-refractivity contribution in [3.8, 4) is 0 Å². The Labute approximate surface area is 138 Å². The second kappa shape index (κ2) is 10.4. The van der Waals surface area contributed by atoms with E-state index in [1.807, 2.05) is 0 Å². The fourth-order valence-corrected chi connectivity index (χ4v) is 1.51. The van der Waals surface area contributed by atoms with Crippen molar-refractivity contribution in [3.63, 3.8) is 0 Å². The molecule has 0 spiro atoms. The monoisotopic (exact) mass is 384 g/mol. The van der Waals surface area contributed by atoms with Crippen molar-refractivity contribution >= 4 is 11.9 Å². The van der Waals surface area contributed by atoms with Crippen molar-refractivity contribution in [3.05, 3.63) is 0 Å². The van der Waals surface area contributed by atoms with E-state index < -0.39 is 36.5 Å². The molecule has 0 bridgehead atoms. The van der Waals surface area contributed by atoms with Gasteiger partial charge in [0.2, 0.25) is 12.2 Å². The van der Waals surface area contributed by atoms with Crippen molar-refractivity contribution in [2.24, 2.45) is 0 Å². The Morgan fingerprint density at radius 3 is 1.24 bits per heavy atom. The van der Waals surface area contributed by atoms with E-state index in [1.54, 1.807) is 0 Å². The fraction of sp³-hybridized carbons (Fsp3) is 0.846. The number of aliphatic hydroxyl groups excluding tert-OH is 2. The molecule has 0 aliphatic rings. The second-order valence-corrected chi connectivity index (χ2v) is 4.99. The SMILES string of the molecule is O=C(OCCCCCCCOC(=O)[C@H](O)C(F)(F)F)[C@@H](O)C(F)(F)F. The van der Waals surface area contributed by atoms with Crippen LogP contribution in [0.1, 0.15) is 32.1 Å². The summed E-state index contributed by atoms with van der Waals surface area (Å²) in [6.07, 6.45) is -14.7. The largest absolute Gasteiger partial charge is 0.464 e. The normalized spacial score (nSPS) is 14.7. The predicted molar refractivity (Wildman–Crippen MR) is 69.1 cm³/mol. The summed E-state index contributed by atoms with van der Waals surface area (Å²) < 4.78 is 80.2. The van der Waals surface area contributed by atoms with Crippen LogP contribution in [0, 0.1) is 0 Å². The molecule has 2 atom stereocenters. The third-order valence-electron chi connectivity index (χ3n) is 2.84. The van der Waals surface area contributed by atoms with Gasteiger partial charge in [-0.3, -0.25) is 0 Å². The van der Waals surface area contributed by atoms with Gasteiger partial charge >= 0.3 is 24.3 Å². The summed E-state index contributed by atoms with van der Waals surface area (Å²) in [4.78, 5) is 21.6. The molecule has 0 saturated heterocycles. The highest BCUT2D eigenvalue weighted by Crippen LogP contribution is 2.21. The molecule has 0 aromatic rings. The predicted octanol–water partition coefficient (Wildman–Crippen LogP) is 1.87. The van der Waals surface area contributed by atoms with Gasteiger partial charge in [-0.1, -0.05) is 19.3 Å². The molecule has 0 amide bonds. The molecule has 12 heteroatoms. The topological polar surface area (TPSA) is 93.1 Å². The molecule has 0 unspecified atom stereocenters. The van der Waals surface area contributed by atoms with Gasteiger partial charge in [-0.05, 0) is 12.8 Å². The van der Waals surface area contributed by atoms with Gasteiger partial charge in [0, 0.05) is 0 Å². The number of carbonyl (C=O) groups excluding carboxylic acids is 2. The minimum absolute atomic E-state index is 0.225. The molecule has 0 radical (unpaired) electrons. The Hall–Kier alpha value is -1.56. The minimum Gasteiger partial charge on any atom is -0.464 e. The molecule has 0 heterocycles. The fourth-order valence-electron chi connectivity index (χ4n) is 1.51. The third kappa shape index (κ3) is 10.1. The second-order valence-electron chi connectivity index (χ2n) is 4.99. The smallest absolute Gasteiger partial charge is 0.425 e. The van der Waals surface area contributed by atoms with Gasteiger partial charge in [0.05, 0.1) is 13.2 Å². The van der Waals surface area contributed by atoms with Gasteiger partial charge in [0.25, 0.3) is 0 Å². The molecule has 25 heavy (non-hydrogen) atoms. The van der Waals surface area contributed by atoms with Gasteiger partial charge in [-0.25, -0.2) is 9.59 Å². The highest BCUT2D eigenvalue weighted by Gasteiger charge is 2.45. The molecule has 0 saturated carbocycles. The summed E-state index contributed by atoms with van der Waals surface area (Å²) in [5.41, 5.74) is 0. The third-order valence-corrected chi connectivity index (χ3v) is 2.84. The number of hydrogen-bond acceptors (Lipinski definition) is 6. The summed E-state index contributed by atoms with van der Waals surface area (Å²) in [5.74, 6) is -3.58. The highest BCUT2D eigenvalue weighted by molar-refractivity contribution is 5.75. The van der Waals surface area contributed by atoms with E-state index >= 15 is 0 Å². The van der Waals surface area contributed by atoms with E-state index in [2.05, 4.69) is 9.47 Å². The first-order valence-corrected chi connectivity index (χ1v) is 7.20. The van der Waals surface area contributed by atoms with Gasteiger partial charge in [-0.15, -0.1) is 0 Å².